The van der Waals surface area contributed by atoms with Crippen LogP contribution in [0.15, 0.2) is 41.2 Å². The number of hydrogen-bond donors (Lipinski definition) is 0. The maximum atomic E-state index is 3.17. The third kappa shape index (κ3) is 1.06. The molecule has 3 aliphatic carbocycles. The monoisotopic (exact) mass is 170 g/mol. The molecule has 0 amide bonds. The van der Waals surface area contributed by atoms with E-state index in [-0.39, 0.29) is 0 Å². The highest BCUT2D eigenvalue weighted by atomic mass is 14.4. The van der Waals surface area contributed by atoms with E-state index in [0.717, 1.165) is 11.8 Å². The van der Waals surface area contributed by atoms with Crippen molar-refractivity contribution in [3.05, 3.63) is 41.2 Å². The Morgan fingerprint density at radius 1 is 1.23 bits per heavy atom. The molecule has 66 valence electrons. The van der Waals surface area contributed by atoms with Crippen LogP contribution in [0, 0.1) is 11.8 Å². The fourth-order valence-corrected chi connectivity index (χ4v) is 2.91. The molecule has 1 fully saturated rings. The zero-order valence-corrected chi connectivity index (χ0v) is 7.79. The summed E-state index contributed by atoms with van der Waals surface area (Å²) in [6.45, 7) is 0. The molecule has 0 radical (unpaired) electrons. The largest absolute Gasteiger partial charge is 0.120 e. The Morgan fingerprint density at radius 2 is 2.15 bits per heavy atom. The van der Waals surface area contributed by atoms with E-state index in [4.69, 9.17) is 0 Å². The van der Waals surface area contributed by atoms with Crippen LogP contribution in [0.3, 0.4) is 0 Å². The van der Waals surface area contributed by atoms with E-state index in [1.807, 2.05) is 0 Å². The fourth-order valence-electron chi connectivity index (χ4n) is 2.91. The summed E-state index contributed by atoms with van der Waals surface area (Å²) in [6, 6.07) is 0. The van der Waals surface area contributed by atoms with Crippen LogP contribution in [0.25, 0.3) is 0 Å². The quantitative estimate of drug-likeness (QED) is 0.489. The number of hydrogen-bond acceptors (Lipinski definition) is 0. The van der Waals surface area contributed by atoms with Crippen LogP contribution < -0.4 is 0 Å². The van der Waals surface area contributed by atoms with Gasteiger partial charge < -0.3 is 0 Å². The first-order chi connectivity index (χ1) is 6.45. The predicted octanol–water partition coefficient (Wildman–Crippen LogP) is 3.38. The van der Waals surface area contributed by atoms with Crippen molar-refractivity contribution < 1.29 is 0 Å². The topological polar surface area (TPSA) is 0 Å². The van der Waals surface area contributed by atoms with Crippen molar-refractivity contribution in [2.75, 3.05) is 0 Å². The summed E-state index contributed by atoms with van der Waals surface area (Å²) in [5.41, 5.74) is 6.22. The van der Waals surface area contributed by atoms with Crippen molar-refractivity contribution in [2.45, 2.75) is 25.7 Å². The van der Waals surface area contributed by atoms with Gasteiger partial charge in [0, 0.05) is 0 Å². The van der Waals surface area contributed by atoms with Crippen LogP contribution in [-0.2, 0) is 0 Å². The van der Waals surface area contributed by atoms with Gasteiger partial charge in [0.1, 0.15) is 0 Å². The summed E-state index contributed by atoms with van der Waals surface area (Å²) in [6.07, 6.45) is 14.6. The highest BCUT2D eigenvalue weighted by Gasteiger charge is 2.32. The van der Waals surface area contributed by atoms with Gasteiger partial charge in [0.15, 0.2) is 0 Å². The summed E-state index contributed by atoms with van der Waals surface area (Å²) in [5, 5.41) is 0. The minimum Gasteiger partial charge on any atom is -0.120 e. The van der Waals surface area contributed by atoms with Crippen molar-refractivity contribution in [1.82, 2.24) is 0 Å². The Kier molecular flexibility index (Phi) is 1.57. The molecule has 0 aromatic heterocycles. The van der Waals surface area contributed by atoms with Crippen LogP contribution in [0.1, 0.15) is 25.7 Å². The van der Waals surface area contributed by atoms with Gasteiger partial charge in [-0.3, -0.25) is 0 Å². The molecular formula is C13H14. The Hall–Kier alpha value is -1.00. The molecule has 0 spiro atoms. The lowest BCUT2D eigenvalue weighted by molar-refractivity contribution is 0.340. The molecule has 3 rings (SSSR count). The third-order valence-corrected chi connectivity index (χ3v) is 3.54. The lowest BCUT2D eigenvalue weighted by Crippen LogP contribution is -2.15. The molecule has 2 atom stereocenters. The summed E-state index contributed by atoms with van der Waals surface area (Å²) in [5.74, 6) is 1.69. The van der Waals surface area contributed by atoms with Gasteiger partial charge in [0.05, 0.1) is 0 Å². The van der Waals surface area contributed by atoms with Crippen LogP contribution in [-0.4, -0.2) is 0 Å². The van der Waals surface area contributed by atoms with E-state index in [1.165, 1.54) is 31.3 Å². The number of fused-ring (bicyclic) bond motifs is 3. The molecular weight excluding hydrogens is 156 g/mol. The minimum absolute atomic E-state index is 0.846. The van der Waals surface area contributed by atoms with Gasteiger partial charge in [-0.05, 0) is 48.0 Å². The molecule has 0 aromatic rings. The molecule has 0 heterocycles. The SMILES string of the molecule is C1=CC=C2C(=CC3CCCCC23)C=1. The normalized spacial score (nSPS) is 35.1. The summed E-state index contributed by atoms with van der Waals surface area (Å²) >= 11 is 0. The van der Waals surface area contributed by atoms with E-state index < -0.39 is 0 Å². The summed E-state index contributed by atoms with van der Waals surface area (Å²) in [7, 11) is 0. The van der Waals surface area contributed by atoms with Crippen molar-refractivity contribution >= 4 is 0 Å². The average Bonchev–Trinajstić information content (AvgIpc) is 2.56. The fraction of sp³-hybridized carbons (Fsp3) is 0.462. The van der Waals surface area contributed by atoms with E-state index in [9.17, 15) is 0 Å². The molecule has 3 aliphatic rings. The van der Waals surface area contributed by atoms with Crippen LogP contribution in [0.5, 0.6) is 0 Å². The molecule has 0 heteroatoms. The smallest absolute Gasteiger partial charge is 0.00924 e. The zero-order chi connectivity index (χ0) is 8.67. The number of rotatable bonds is 0. The van der Waals surface area contributed by atoms with Gasteiger partial charge in [-0.15, -0.1) is 5.73 Å². The Morgan fingerprint density at radius 3 is 3.15 bits per heavy atom. The van der Waals surface area contributed by atoms with Crippen LogP contribution in [0.2, 0.25) is 0 Å². The minimum atomic E-state index is 0.846. The Bertz CT molecular complexity index is 348. The second kappa shape index (κ2) is 2.75. The molecule has 0 nitrogen and oxygen atoms in total. The second-order valence-corrected chi connectivity index (χ2v) is 4.28. The van der Waals surface area contributed by atoms with Crippen LogP contribution >= 0.6 is 0 Å². The van der Waals surface area contributed by atoms with Crippen molar-refractivity contribution in [1.29, 1.82) is 0 Å². The highest BCUT2D eigenvalue weighted by molar-refractivity contribution is 5.50. The molecule has 0 N–H and O–H groups in total. The van der Waals surface area contributed by atoms with Gasteiger partial charge in [-0.2, -0.15) is 0 Å². The van der Waals surface area contributed by atoms with E-state index in [2.05, 4.69) is 30.0 Å². The first kappa shape index (κ1) is 7.41. The maximum Gasteiger partial charge on any atom is -0.00924 e. The zero-order valence-electron chi connectivity index (χ0n) is 7.79. The average molecular weight is 170 g/mol. The van der Waals surface area contributed by atoms with E-state index >= 15 is 0 Å². The molecule has 0 bridgehead atoms. The van der Waals surface area contributed by atoms with Gasteiger partial charge in [0.25, 0.3) is 0 Å². The number of allylic oxidation sites excluding steroid dienone is 5. The first-order valence-corrected chi connectivity index (χ1v) is 5.30. The van der Waals surface area contributed by atoms with Crippen LogP contribution in [0.4, 0.5) is 0 Å². The van der Waals surface area contributed by atoms with E-state index in [1.54, 1.807) is 5.57 Å². The Labute approximate surface area is 79.3 Å². The molecule has 2 unspecified atom stereocenters. The first-order valence-electron chi connectivity index (χ1n) is 5.30. The summed E-state index contributed by atoms with van der Waals surface area (Å²) in [4.78, 5) is 0. The van der Waals surface area contributed by atoms with Gasteiger partial charge >= 0.3 is 0 Å². The lowest BCUT2D eigenvalue weighted by Gasteiger charge is -2.26. The molecule has 13 heavy (non-hydrogen) atoms. The standard InChI is InChI=1S/C13H14/c1-3-7-12-10(5-1)9-11-6-2-4-8-13(11)12/h4,6,8-10,12H,1,3,5,7H2. The highest BCUT2D eigenvalue weighted by Crippen LogP contribution is 2.45. The third-order valence-electron chi connectivity index (χ3n) is 3.54. The molecule has 0 aromatic carbocycles. The molecule has 1 saturated carbocycles. The van der Waals surface area contributed by atoms with Crippen molar-refractivity contribution in [3.8, 4) is 0 Å². The maximum absolute atomic E-state index is 3.17. The van der Waals surface area contributed by atoms with E-state index in [0.29, 0.717) is 0 Å². The predicted molar refractivity (Wildman–Crippen MR) is 54.3 cm³/mol. The summed E-state index contributed by atoms with van der Waals surface area (Å²) < 4.78 is 0. The molecule has 0 aliphatic heterocycles. The van der Waals surface area contributed by atoms with Gasteiger partial charge in [-0.1, -0.05) is 25.0 Å². The van der Waals surface area contributed by atoms with Gasteiger partial charge in [0.2, 0.25) is 0 Å². The second-order valence-electron chi connectivity index (χ2n) is 4.28. The van der Waals surface area contributed by atoms with Crippen molar-refractivity contribution in [2.24, 2.45) is 11.8 Å². The van der Waals surface area contributed by atoms with Gasteiger partial charge in [-0.25, -0.2) is 0 Å². The van der Waals surface area contributed by atoms with Crippen molar-refractivity contribution in [3.63, 3.8) is 0 Å². The lowest BCUT2D eigenvalue weighted by atomic mass is 9.79. The Balaban J connectivity index is 2.01. The molecule has 0 saturated heterocycles.